The van der Waals surface area contributed by atoms with Gasteiger partial charge < -0.3 is 0 Å². The number of Topliss-reactive ketones (excluding diaryl/α,β-unsaturated/α-hetero) is 1. The van der Waals surface area contributed by atoms with Gasteiger partial charge in [-0.25, -0.2) is 0 Å². The maximum absolute atomic E-state index is 11.2. The Kier molecular flexibility index (Phi) is 4.29. The molecule has 0 unspecified atom stereocenters. The molecule has 0 aliphatic carbocycles. The first-order valence-corrected chi connectivity index (χ1v) is 6.22. The van der Waals surface area contributed by atoms with Crippen molar-refractivity contribution in [2.45, 2.75) is 23.3 Å². The zero-order valence-electron chi connectivity index (χ0n) is 7.54. The Bertz CT molecular complexity index is 294. The molecular weight excluding hydrogens is 224 g/mol. The summed E-state index contributed by atoms with van der Waals surface area (Å²) in [6, 6.07) is 3.83. The molecule has 1 rings (SSSR count). The fourth-order valence-corrected chi connectivity index (χ4v) is 3.38. The van der Waals surface area contributed by atoms with Crippen molar-refractivity contribution < 1.29 is 4.79 Å². The minimum absolute atomic E-state index is 0.0160. The standard InChI is InChI=1S/C9H11ClOS2/c1-6(2)12-9-4-3-8(13-9)7(11)5-10/h3-4,6H,5H2,1-2H3. The van der Waals surface area contributed by atoms with Crippen LogP contribution in [0.2, 0.25) is 0 Å². The van der Waals surface area contributed by atoms with Crippen LogP contribution >= 0.6 is 34.7 Å². The molecule has 0 spiro atoms. The number of hydrogen-bond donors (Lipinski definition) is 0. The fraction of sp³-hybridized carbons (Fsp3) is 0.444. The first kappa shape index (κ1) is 11.1. The van der Waals surface area contributed by atoms with Gasteiger partial charge in [-0.1, -0.05) is 13.8 Å². The molecule has 1 nitrogen and oxygen atoms in total. The van der Waals surface area contributed by atoms with Crippen LogP contribution in [-0.4, -0.2) is 16.9 Å². The van der Waals surface area contributed by atoms with Crippen molar-refractivity contribution in [2.75, 3.05) is 5.88 Å². The molecule has 0 bridgehead atoms. The summed E-state index contributed by atoms with van der Waals surface area (Å²) in [5, 5.41) is 0.553. The molecule has 0 aliphatic heterocycles. The monoisotopic (exact) mass is 234 g/mol. The van der Waals surface area contributed by atoms with E-state index in [1.807, 2.05) is 12.1 Å². The summed E-state index contributed by atoms with van der Waals surface area (Å²) in [5.74, 6) is 0.0917. The molecule has 0 radical (unpaired) electrons. The van der Waals surface area contributed by atoms with Crippen molar-refractivity contribution >= 4 is 40.5 Å². The van der Waals surface area contributed by atoms with E-state index in [1.54, 1.807) is 11.8 Å². The Morgan fingerprint density at radius 1 is 1.62 bits per heavy atom. The first-order valence-electron chi connectivity index (χ1n) is 3.99. The number of thioether (sulfide) groups is 1. The molecule has 0 aromatic carbocycles. The molecule has 0 atom stereocenters. The zero-order valence-corrected chi connectivity index (χ0v) is 9.93. The van der Waals surface area contributed by atoms with Crippen molar-refractivity contribution in [3.63, 3.8) is 0 Å². The maximum Gasteiger partial charge on any atom is 0.187 e. The second-order valence-electron chi connectivity index (χ2n) is 2.84. The van der Waals surface area contributed by atoms with Crippen molar-refractivity contribution in [3.8, 4) is 0 Å². The molecule has 0 saturated heterocycles. The van der Waals surface area contributed by atoms with Gasteiger partial charge in [-0.05, 0) is 12.1 Å². The third-order valence-electron chi connectivity index (χ3n) is 1.33. The van der Waals surface area contributed by atoms with E-state index in [0.717, 1.165) is 4.88 Å². The quantitative estimate of drug-likeness (QED) is 0.449. The highest BCUT2D eigenvalue weighted by Gasteiger charge is 2.08. The van der Waals surface area contributed by atoms with Crippen LogP contribution in [0.15, 0.2) is 16.3 Å². The summed E-state index contributed by atoms with van der Waals surface area (Å²) < 4.78 is 1.18. The Morgan fingerprint density at radius 2 is 2.31 bits per heavy atom. The predicted molar refractivity (Wildman–Crippen MR) is 60.4 cm³/mol. The van der Waals surface area contributed by atoms with Crippen molar-refractivity contribution in [1.82, 2.24) is 0 Å². The average Bonchev–Trinajstić information content (AvgIpc) is 2.50. The molecule has 1 heterocycles. The van der Waals surface area contributed by atoms with E-state index < -0.39 is 0 Å². The average molecular weight is 235 g/mol. The van der Waals surface area contributed by atoms with E-state index in [4.69, 9.17) is 11.6 Å². The number of hydrogen-bond acceptors (Lipinski definition) is 3. The van der Waals surface area contributed by atoms with Crippen molar-refractivity contribution in [1.29, 1.82) is 0 Å². The van der Waals surface area contributed by atoms with Gasteiger partial charge in [-0.15, -0.1) is 34.7 Å². The molecule has 0 fully saturated rings. The second-order valence-corrected chi connectivity index (χ2v) is 6.07. The molecule has 0 saturated carbocycles. The number of halogens is 1. The summed E-state index contributed by atoms with van der Waals surface area (Å²) in [6.45, 7) is 4.26. The molecule has 0 N–H and O–H groups in total. The molecule has 72 valence electrons. The van der Waals surface area contributed by atoms with Crippen LogP contribution in [-0.2, 0) is 0 Å². The Morgan fingerprint density at radius 3 is 2.85 bits per heavy atom. The number of thiophene rings is 1. The van der Waals surface area contributed by atoms with Gasteiger partial charge in [-0.3, -0.25) is 4.79 Å². The number of carbonyl (C=O) groups is 1. The van der Waals surface area contributed by atoms with Crippen LogP contribution in [0.5, 0.6) is 0 Å². The van der Waals surface area contributed by atoms with E-state index >= 15 is 0 Å². The zero-order chi connectivity index (χ0) is 9.84. The number of alkyl halides is 1. The van der Waals surface area contributed by atoms with Crippen LogP contribution in [0.25, 0.3) is 0 Å². The normalized spacial score (nSPS) is 10.8. The smallest absolute Gasteiger partial charge is 0.187 e. The lowest BCUT2D eigenvalue weighted by atomic mass is 10.4. The molecule has 4 heteroatoms. The lowest BCUT2D eigenvalue weighted by molar-refractivity contribution is 0.102. The van der Waals surface area contributed by atoms with Gasteiger partial charge in [0.15, 0.2) is 5.78 Å². The van der Waals surface area contributed by atoms with Crippen LogP contribution in [0.4, 0.5) is 0 Å². The summed E-state index contributed by atoms with van der Waals surface area (Å²) in [5.41, 5.74) is 0. The molecule has 1 aromatic rings. The van der Waals surface area contributed by atoms with Crippen LogP contribution in [0.1, 0.15) is 23.5 Å². The predicted octanol–water partition coefficient (Wildman–Crippen LogP) is 3.67. The fourth-order valence-electron chi connectivity index (χ4n) is 0.832. The lowest BCUT2D eigenvalue weighted by Crippen LogP contribution is -1.95. The van der Waals surface area contributed by atoms with Gasteiger partial charge in [0.05, 0.1) is 15.0 Å². The highest BCUT2D eigenvalue weighted by Crippen LogP contribution is 2.30. The number of carbonyl (C=O) groups excluding carboxylic acids is 1. The van der Waals surface area contributed by atoms with E-state index in [1.165, 1.54) is 15.5 Å². The van der Waals surface area contributed by atoms with Crippen molar-refractivity contribution in [2.24, 2.45) is 0 Å². The molecule has 0 aliphatic rings. The van der Waals surface area contributed by atoms with Gasteiger partial charge in [0.2, 0.25) is 0 Å². The van der Waals surface area contributed by atoms with Gasteiger partial charge in [-0.2, -0.15) is 0 Å². The minimum Gasteiger partial charge on any atom is -0.292 e. The van der Waals surface area contributed by atoms with Crippen LogP contribution in [0.3, 0.4) is 0 Å². The maximum atomic E-state index is 11.2. The second kappa shape index (κ2) is 5.03. The first-order chi connectivity index (χ1) is 6.13. The highest BCUT2D eigenvalue weighted by molar-refractivity contribution is 8.01. The summed E-state index contributed by atoms with van der Waals surface area (Å²) in [7, 11) is 0. The third-order valence-corrected chi connectivity index (χ3v) is 3.87. The van der Waals surface area contributed by atoms with E-state index in [2.05, 4.69) is 13.8 Å². The van der Waals surface area contributed by atoms with E-state index in [9.17, 15) is 4.79 Å². The van der Waals surface area contributed by atoms with Gasteiger partial charge in [0, 0.05) is 5.25 Å². The largest absolute Gasteiger partial charge is 0.292 e. The van der Waals surface area contributed by atoms with Crippen molar-refractivity contribution in [3.05, 3.63) is 17.0 Å². The third kappa shape index (κ3) is 3.33. The molecule has 1 aromatic heterocycles. The topological polar surface area (TPSA) is 17.1 Å². The lowest BCUT2D eigenvalue weighted by Gasteiger charge is -1.99. The van der Waals surface area contributed by atoms with Gasteiger partial charge >= 0.3 is 0 Å². The van der Waals surface area contributed by atoms with Gasteiger partial charge in [0.25, 0.3) is 0 Å². The summed E-state index contributed by atoms with van der Waals surface area (Å²) in [4.78, 5) is 11.9. The summed E-state index contributed by atoms with van der Waals surface area (Å²) >= 11 is 8.75. The van der Waals surface area contributed by atoms with Crippen LogP contribution < -0.4 is 0 Å². The Hall–Kier alpha value is 0.01000. The van der Waals surface area contributed by atoms with E-state index in [0.29, 0.717) is 5.25 Å². The minimum atomic E-state index is 0.0160. The summed E-state index contributed by atoms with van der Waals surface area (Å²) in [6.07, 6.45) is 0. The molecule has 13 heavy (non-hydrogen) atoms. The van der Waals surface area contributed by atoms with Gasteiger partial charge in [0.1, 0.15) is 0 Å². The highest BCUT2D eigenvalue weighted by atomic mass is 35.5. The number of rotatable bonds is 4. The number of ketones is 1. The van der Waals surface area contributed by atoms with E-state index in [-0.39, 0.29) is 11.7 Å². The molecular formula is C9H11ClOS2. The molecule has 0 amide bonds. The Labute approximate surface area is 91.5 Å². The van der Waals surface area contributed by atoms with Crippen LogP contribution in [0, 0.1) is 0 Å². The SMILES string of the molecule is CC(C)Sc1ccc(C(=O)CCl)s1. The Balaban J connectivity index is 2.69.